The Morgan fingerprint density at radius 3 is 2.39 bits per heavy atom. The van der Waals surface area contributed by atoms with Crippen LogP contribution in [0.1, 0.15) is 11.1 Å². The van der Waals surface area contributed by atoms with E-state index in [4.69, 9.17) is 10.5 Å². The van der Waals surface area contributed by atoms with E-state index in [0.29, 0.717) is 0 Å². The van der Waals surface area contributed by atoms with Crippen molar-refractivity contribution in [2.75, 3.05) is 12.8 Å². The Balaban J connectivity index is 2.25. The normalized spacial score (nSPS) is 10.4. The van der Waals surface area contributed by atoms with Crippen molar-refractivity contribution in [1.29, 1.82) is 0 Å². The Hall–Kier alpha value is -1.61. The lowest BCUT2D eigenvalue weighted by Gasteiger charge is -2.09. The van der Waals surface area contributed by atoms with Crippen LogP contribution in [-0.4, -0.2) is 7.11 Å². The lowest BCUT2D eigenvalue weighted by Crippen LogP contribution is -1.91. The van der Waals surface area contributed by atoms with Crippen LogP contribution in [0.3, 0.4) is 0 Å². The summed E-state index contributed by atoms with van der Waals surface area (Å²) in [5, 5.41) is 0. The van der Waals surface area contributed by atoms with Crippen LogP contribution in [0.4, 0.5) is 5.69 Å². The summed E-state index contributed by atoms with van der Waals surface area (Å²) >= 11 is 1.68. The largest absolute Gasteiger partial charge is 0.497 e. The molecule has 3 heteroatoms. The molecule has 0 aromatic heterocycles. The maximum Gasteiger partial charge on any atom is 0.120 e. The van der Waals surface area contributed by atoms with Crippen LogP contribution < -0.4 is 10.5 Å². The molecule has 94 valence electrons. The van der Waals surface area contributed by atoms with E-state index in [-0.39, 0.29) is 0 Å². The van der Waals surface area contributed by atoms with Crippen LogP contribution in [0.25, 0.3) is 0 Å². The second-order valence-corrected chi connectivity index (χ2v) is 5.37. The SMILES string of the molecule is COc1ccc(Sc2ccc(C)c(C)c2)c(N)c1. The number of benzene rings is 2. The highest BCUT2D eigenvalue weighted by Crippen LogP contribution is 2.34. The molecule has 2 aromatic rings. The minimum absolute atomic E-state index is 0.748. The molecule has 0 heterocycles. The van der Waals surface area contributed by atoms with Gasteiger partial charge in [-0.05, 0) is 49.2 Å². The van der Waals surface area contributed by atoms with Crippen molar-refractivity contribution in [3.8, 4) is 5.75 Å². The van der Waals surface area contributed by atoms with Crippen molar-refractivity contribution in [3.05, 3.63) is 47.5 Å². The average Bonchev–Trinajstić information content (AvgIpc) is 2.36. The van der Waals surface area contributed by atoms with Crippen molar-refractivity contribution >= 4 is 17.4 Å². The van der Waals surface area contributed by atoms with Gasteiger partial charge in [-0.2, -0.15) is 0 Å². The Labute approximate surface area is 112 Å². The van der Waals surface area contributed by atoms with Crippen LogP contribution in [-0.2, 0) is 0 Å². The molecule has 0 aliphatic rings. The van der Waals surface area contributed by atoms with Gasteiger partial charge in [-0.3, -0.25) is 0 Å². The molecule has 0 spiro atoms. The van der Waals surface area contributed by atoms with Gasteiger partial charge >= 0.3 is 0 Å². The molecule has 0 aliphatic carbocycles. The number of hydrogen-bond donors (Lipinski definition) is 1. The van der Waals surface area contributed by atoms with Gasteiger partial charge < -0.3 is 10.5 Å². The molecule has 0 fully saturated rings. The number of nitrogens with two attached hydrogens (primary N) is 1. The van der Waals surface area contributed by atoms with E-state index >= 15 is 0 Å². The topological polar surface area (TPSA) is 35.2 Å². The van der Waals surface area contributed by atoms with Gasteiger partial charge in [-0.25, -0.2) is 0 Å². The van der Waals surface area contributed by atoms with E-state index in [1.54, 1.807) is 18.9 Å². The fraction of sp³-hybridized carbons (Fsp3) is 0.200. The van der Waals surface area contributed by atoms with Crippen molar-refractivity contribution in [3.63, 3.8) is 0 Å². The van der Waals surface area contributed by atoms with Crippen molar-refractivity contribution in [2.24, 2.45) is 0 Å². The molecular formula is C15H17NOS. The number of hydrogen-bond acceptors (Lipinski definition) is 3. The smallest absolute Gasteiger partial charge is 0.120 e. The molecule has 2 nitrogen and oxygen atoms in total. The fourth-order valence-corrected chi connectivity index (χ4v) is 2.59. The molecule has 0 bridgehead atoms. The molecule has 2 rings (SSSR count). The van der Waals surface area contributed by atoms with E-state index in [2.05, 4.69) is 32.0 Å². The minimum Gasteiger partial charge on any atom is -0.497 e. The van der Waals surface area contributed by atoms with Crippen LogP contribution in [0.15, 0.2) is 46.2 Å². The number of nitrogen functional groups attached to an aromatic ring is 1. The van der Waals surface area contributed by atoms with Crippen LogP contribution in [0.5, 0.6) is 5.75 Å². The molecule has 0 saturated heterocycles. The quantitative estimate of drug-likeness (QED) is 0.845. The van der Waals surface area contributed by atoms with Crippen LogP contribution >= 0.6 is 11.8 Å². The van der Waals surface area contributed by atoms with Crippen molar-refractivity contribution < 1.29 is 4.74 Å². The van der Waals surface area contributed by atoms with E-state index in [1.807, 2.05) is 18.2 Å². The Bertz CT molecular complexity index is 566. The third-order valence-corrected chi connectivity index (χ3v) is 4.00. The predicted molar refractivity (Wildman–Crippen MR) is 77.4 cm³/mol. The minimum atomic E-state index is 0.748. The molecule has 18 heavy (non-hydrogen) atoms. The third-order valence-electron chi connectivity index (χ3n) is 2.92. The first-order valence-corrected chi connectivity index (χ1v) is 6.60. The van der Waals surface area contributed by atoms with Crippen molar-refractivity contribution in [1.82, 2.24) is 0 Å². The Morgan fingerprint density at radius 2 is 1.78 bits per heavy atom. The molecule has 0 atom stereocenters. The highest BCUT2D eigenvalue weighted by molar-refractivity contribution is 7.99. The second-order valence-electron chi connectivity index (χ2n) is 4.25. The fourth-order valence-electron chi connectivity index (χ4n) is 1.65. The first-order valence-electron chi connectivity index (χ1n) is 5.79. The highest BCUT2D eigenvalue weighted by Gasteiger charge is 2.04. The highest BCUT2D eigenvalue weighted by atomic mass is 32.2. The Morgan fingerprint density at radius 1 is 1.00 bits per heavy atom. The predicted octanol–water partition coefficient (Wildman–Crippen LogP) is 4.05. The van der Waals surface area contributed by atoms with E-state index in [1.165, 1.54) is 16.0 Å². The van der Waals surface area contributed by atoms with E-state index < -0.39 is 0 Å². The summed E-state index contributed by atoms with van der Waals surface area (Å²) in [5.74, 6) is 0.789. The van der Waals surface area contributed by atoms with Gasteiger partial charge in [0.2, 0.25) is 0 Å². The third kappa shape index (κ3) is 2.79. The van der Waals surface area contributed by atoms with E-state index in [9.17, 15) is 0 Å². The summed E-state index contributed by atoms with van der Waals surface area (Å²) in [6.07, 6.45) is 0. The molecular weight excluding hydrogens is 242 g/mol. The molecule has 0 saturated carbocycles. The van der Waals surface area contributed by atoms with Gasteiger partial charge in [-0.1, -0.05) is 17.8 Å². The first-order chi connectivity index (χ1) is 8.60. The average molecular weight is 259 g/mol. The van der Waals surface area contributed by atoms with Gasteiger partial charge in [0.1, 0.15) is 5.75 Å². The van der Waals surface area contributed by atoms with Gasteiger partial charge in [0, 0.05) is 21.5 Å². The second kappa shape index (κ2) is 5.36. The lowest BCUT2D eigenvalue weighted by molar-refractivity contribution is 0.415. The summed E-state index contributed by atoms with van der Waals surface area (Å²) in [7, 11) is 1.64. The van der Waals surface area contributed by atoms with Crippen molar-refractivity contribution in [2.45, 2.75) is 23.6 Å². The number of anilines is 1. The van der Waals surface area contributed by atoms with Gasteiger partial charge in [0.05, 0.1) is 7.11 Å². The lowest BCUT2D eigenvalue weighted by atomic mass is 10.1. The number of aryl methyl sites for hydroxylation is 2. The van der Waals surface area contributed by atoms with Gasteiger partial charge in [0.15, 0.2) is 0 Å². The monoisotopic (exact) mass is 259 g/mol. The van der Waals surface area contributed by atoms with Gasteiger partial charge in [0.25, 0.3) is 0 Å². The zero-order valence-electron chi connectivity index (χ0n) is 10.9. The molecule has 0 amide bonds. The number of rotatable bonds is 3. The first kappa shape index (κ1) is 12.8. The summed E-state index contributed by atoms with van der Waals surface area (Å²) in [5.41, 5.74) is 9.37. The van der Waals surface area contributed by atoms with Crippen LogP contribution in [0, 0.1) is 13.8 Å². The Kier molecular flexibility index (Phi) is 3.82. The maximum atomic E-state index is 6.01. The number of ether oxygens (including phenoxy) is 1. The molecule has 2 N–H and O–H groups in total. The number of methoxy groups -OCH3 is 1. The van der Waals surface area contributed by atoms with Gasteiger partial charge in [-0.15, -0.1) is 0 Å². The van der Waals surface area contributed by atoms with E-state index in [0.717, 1.165) is 16.3 Å². The zero-order valence-corrected chi connectivity index (χ0v) is 11.7. The summed E-state index contributed by atoms with van der Waals surface area (Å²) in [4.78, 5) is 2.26. The zero-order chi connectivity index (χ0) is 13.1. The molecule has 2 aromatic carbocycles. The molecule has 0 radical (unpaired) electrons. The summed E-state index contributed by atoms with van der Waals surface area (Å²) in [6.45, 7) is 4.24. The molecule has 0 unspecified atom stereocenters. The molecule has 0 aliphatic heterocycles. The standard InChI is InChI=1S/C15H17NOS/c1-10-4-6-13(8-11(10)2)18-15-7-5-12(17-3)9-14(15)16/h4-9H,16H2,1-3H3. The van der Waals surface area contributed by atoms with Crippen LogP contribution in [0.2, 0.25) is 0 Å². The maximum absolute atomic E-state index is 6.01. The summed E-state index contributed by atoms with van der Waals surface area (Å²) < 4.78 is 5.15. The summed E-state index contributed by atoms with van der Waals surface area (Å²) in [6, 6.07) is 12.2.